The smallest absolute Gasteiger partial charge is 0.338 e. The fourth-order valence-electron chi connectivity index (χ4n) is 4.10. The molecule has 0 unspecified atom stereocenters. The van der Waals surface area contributed by atoms with Gasteiger partial charge in [-0.25, -0.2) is 4.79 Å². The van der Waals surface area contributed by atoms with E-state index in [1.54, 1.807) is 6.08 Å². The van der Waals surface area contributed by atoms with Crippen molar-refractivity contribution in [3.63, 3.8) is 0 Å². The maximum atomic E-state index is 12.6. The highest BCUT2D eigenvalue weighted by molar-refractivity contribution is 5.93. The number of esters is 4. The van der Waals surface area contributed by atoms with E-state index in [1.165, 1.54) is 20.8 Å². The van der Waals surface area contributed by atoms with Crippen LogP contribution in [-0.4, -0.2) is 60.5 Å². The van der Waals surface area contributed by atoms with Gasteiger partial charge in [-0.05, 0) is 19.9 Å². The average Bonchev–Trinajstić information content (AvgIpc) is 3.12. The van der Waals surface area contributed by atoms with E-state index in [1.807, 2.05) is 13.8 Å². The van der Waals surface area contributed by atoms with Crippen LogP contribution in [0.4, 0.5) is 0 Å². The summed E-state index contributed by atoms with van der Waals surface area (Å²) in [6, 6.07) is 0. The third kappa shape index (κ3) is 4.72. The average molecular weight is 422 g/mol. The zero-order chi connectivity index (χ0) is 22.2. The molecule has 0 saturated carbocycles. The van der Waals surface area contributed by atoms with Crippen molar-refractivity contribution in [1.29, 1.82) is 0 Å². The lowest BCUT2D eigenvalue weighted by Gasteiger charge is -2.26. The summed E-state index contributed by atoms with van der Waals surface area (Å²) in [4.78, 5) is 47.2. The SMILES string of the molecule is CC(=O)OCC1=C2[C@@H](OC(C)=O)C/C(C)=C/[C@@H](OC(C)=O)C[C@@]3(C)O[C@@H]3[C@H]2OC1=O. The largest absolute Gasteiger partial charge is 0.461 e. The van der Waals surface area contributed by atoms with E-state index >= 15 is 0 Å². The number of hydrogen-bond donors (Lipinski definition) is 0. The van der Waals surface area contributed by atoms with Crippen molar-refractivity contribution in [2.75, 3.05) is 6.61 Å². The Morgan fingerprint density at radius 3 is 2.40 bits per heavy atom. The molecule has 2 heterocycles. The van der Waals surface area contributed by atoms with Crippen LogP contribution in [-0.2, 0) is 42.9 Å². The van der Waals surface area contributed by atoms with Crippen LogP contribution in [0.5, 0.6) is 0 Å². The Labute approximate surface area is 174 Å². The van der Waals surface area contributed by atoms with E-state index in [2.05, 4.69) is 0 Å². The molecule has 30 heavy (non-hydrogen) atoms. The molecule has 164 valence electrons. The lowest BCUT2D eigenvalue weighted by Crippen LogP contribution is -2.35. The number of fused-ring (bicyclic) bond motifs is 3. The number of carbonyl (C=O) groups is 4. The van der Waals surface area contributed by atoms with E-state index in [0.29, 0.717) is 12.0 Å². The number of carbonyl (C=O) groups excluding carboxylic acids is 4. The highest BCUT2D eigenvalue weighted by atomic mass is 16.7. The minimum Gasteiger partial charge on any atom is -0.461 e. The number of rotatable bonds is 4. The maximum absolute atomic E-state index is 12.6. The van der Waals surface area contributed by atoms with Crippen molar-refractivity contribution in [3.05, 3.63) is 22.8 Å². The number of epoxide rings is 1. The molecule has 2 aliphatic heterocycles. The molecule has 0 aromatic rings. The van der Waals surface area contributed by atoms with E-state index < -0.39 is 53.9 Å². The molecule has 0 aromatic heterocycles. The Bertz CT molecular complexity index is 839. The third-order valence-electron chi connectivity index (χ3n) is 5.33. The fourth-order valence-corrected chi connectivity index (χ4v) is 4.10. The van der Waals surface area contributed by atoms with Gasteiger partial charge in [-0.3, -0.25) is 14.4 Å². The quantitative estimate of drug-likeness (QED) is 0.288. The molecular weight excluding hydrogens is 396 g/mol. The molecule has 9 heteroatoms. The molecular formula is C21H26O9. The zero-order valence-electron chi connectivity index (χ0n) is 17.7. The lowest BCUT2D eigenvalue weighted by molar-refractivity contribution is -0.145. The van der Waals surface area contributed by atoms with E-state index in [-0.39, 0.29) is 18.6 Å². The molecule has 1 fully saturated rings. The monoisotopic (exact) mass is 422 g/mol. The summed E-state index contributed by atoms with van der Waals surface area (Å²) < 4.78 is 27.5. The van der Waals surface area contributed by atoms with Crippen LogP contribution in [0.2, 0.25) is 0 Å². The Morgan fingerprint density at radius 1 is 1.13 bits per heavy atom. The van der Waals surface area contributed by atoms with Gasteiger partial charge in [0.15, 0.2) is 6.10 Å². The van der Waals surface area contributed by atoms with Crippen LogP contribution >= 0.6 is 0 Å². The van der Waals surface area contributed by atoms with Crippen molar-refractivity contribution in [1.82, 2.24) is 0 Å². The third-order valence-corrected chi connectivity index (χ3v) is 5.33. The topological polar surface area (TPSA) is 118 Å². The van der Waals surface area contributed by atoms with Crippen molar-refractivity contribution >= 4 is 23.9 Å². The molecule has 0 radical (unpaired) electrons. The zero-order valence-corrected chi connectivity index (χ0v) is 17.7. The Morgan fingerprint density at radius 2 is 1.80 bits per heavy atom. The van der Waals surface area contributed by atoms with E-state index in [0.717, 1.165) is 5.57 Å². The van der Waals surface area contributed by atoms with Gasteiger partial charge in [-0.15, -0.1) is 0 Å². The Balaban J connectivity index is 2.04. The van der Waals surface area contributed by atoms with Crippen LogP contribution in [0.3, 0.4) is 0 Å². The lowest BCUT2D eigenvalue weighted by atomic mass is 9.86. The molecule has 0 amide bonds. The Hall–Kier alpha value is -2.68. The number of hydrogen-bond acceptors (Lipinski definition) is 9. The van der Waals surface area contributed by atoms with Gasteiger partial charge in [0.05, 0.1) is 5.57 Å². The highest BCUT2D eigenvalue weighted by Gasteiger charge is 2.62. The highest BCUT2D eigenvalue weighted by Crippen LogP contribution is 2.49. The van der Waals surface area contributed by atoms with Gasteiger partial charge in [-0.1, -0.05) is 5.57 Å². The summed E-state index contributed by atoms with van der Waals surface area (Å²) in [5.74, 6) is -2.13. The van der Waals surface area contributed by atoms with Crippen LogP contribution in [0.25, 0.3) is 0 Å². The summed E-state index contributed by atoms with van der Waals surface area (Å²) in [6.07, 6.45) is -0.203. The van der Waals surface area contributed by atoms with Gasteiger partial charge in [-0.2, -0.15) is 0 Å². The van der Waals surface area contributed by atoms with Gasteiger partial charge in [0.2, 0.25) is 0 Å². The molecule has 0 bridgehead atoms. The fraction of sp³-hybridized carbons (Fsp3) is 0.619. The van der Waals surface area contributed by atoms with Gasteiger partial charge >= 0.3 is 23.9 Å². The second-order valence-electron chi connectivity index (χ2n) is 8.06. The molecule has 3 rings (SSSR count). The van der Waals surface area contributed by atoms with Gasteiger partial charge < -0.3 is 23.7 Å². The number of ether oxygens (including phenoxy) is 5. The predicted octanol–water partition coefficient (Wildman–Crippen LogP) is 1.53. The molecule has 0 aromatic carbocycles. The minimum absolute atomic E-state index is 0.157. The summed E-state index contributed by atoms with van der Waals surface area (Å²) in [6.45, 7) is 7.23. The van der Waals surface area contributed by atoms with Crippen LogP contribution in [0, 0.1) is 0 Å². The summed E-state index contributed by atoms with van der Waals surface area (Å²) in [5.41, 5.74) is 0.697. The predicted molar refractivity (Wildman–Crippen MR) is 101 cm³/mol. The normalized spacial score (nSPS) is 34.6. The molecule has 9 nitrogen and oxygen atoms in total. The van der Waals surface area contributed by atoms with Crippen molar-refractivity contribution in [3.8, 4) is 0 Å². The van der Waals surface area contributed by atoms with Gasteiger partial charge in [0, 0.05) is 39.2 Å². The van der Waals surface area contributed by atoms with Crippen molar-refractivity contribution in [2.45, 2.75) is 77.5 Å². The first-order chi connectivity index (χ1) is 14.0. The molecule has 5 atom stereocenters. The first-order valence-corrected chi connectivity index (χ1v) is 9.77. The van der Waals surface area contributed by atoms with Gasteiger partial charge in [0.1, 0.15) is 30.5 Å². The maximum Gasteiger partial charge on any atom is 0.338 e. The molecule has 1 aliphatic carbocycles. The first kappa shape index (κ1) is 22.0. The first-order valence-electron chi connectivity index (χ1n) is 9.77. The molecule has 0 spiro atoms. The van der Waals surface area contributed by atoms with Gasteiger partial charge in [0.25, 0.3) is 0 Å². The van der Waals surface area contributed by atoms with Crippen LogP contribution in [0.15, 0.2) is 22.8 Å². The summed E-state index contributed by atoms with van der Waals surface area (Å²) in [5, 5.41) is 0. The standard InChI is InChI=1S/C21H26O9/c1-10-6-14(27-12(3)23)8-21(5)19(30-21)18-17(16(7-10)28-13(4)24)15(20(25)29-18)9-26-11(2)22/h6,14,16,18-19H,7-9H2,1-5H3/b10-6+/t14-,16+,18+,19-,21-/m1/s1. The molecule has 0 N–H and O–H groups in total. The van der Waals surface area contributed by atoms with E-state index in [9.17, 15) is 19.2 Å². The van der Waals surface area contributed by atoms with Crippen molar-refractivity contribution < 1.29 is 42.9 Å². The second-order valence-corrected chi connectivity index (χ2v) is 8.06. The summed E-state index contributed by atoms with van der Waals surface area (Å²) in [7, 11) is 0. The van der Waals surface area contributed by atoms with E-state index in [4.69, 9.17) is 23.7 Å². The van der Waals surface area contributed by atoms with Crippen LogP contribution in [0.1, 0.15) is 47.5 Å². The van der Waals surface area contributed by atoms with Crippen LogP contribution < -0.4 is 0 Å². The minimum atomic E-state index is -0.815. The Kier molecular flexibility index (Phi) is 6.03. The van der Waals surface area contributed by atoms with Crippen molar-refractivity contribution in [2.24, 2.45) is 0 Å². The molecule has 1 saturated heterocycles. The summed E-state index contributed by atoms with van der Waals surface area (Å²) >= 11 is 0. The second kappa shape index (κ2) is 8.22. The molecule has 3 aliphatic rings.